The van der Waals surface area contributed by atoms with E-state index in [1.54, 1.807) is 48.5 Å². The van der Waals surface area contributed by atoms with Gasteiger partial charge >= 0.3 is 5.91 Å². The maximum absolute atomic E-state index is 13.4. The van der Waals surface area contributed by atoms with Crippen LogP contribution in [0.1, 0.15) is 35.2 Å². The molecule has 0 saturated carbocycles. The van der Waals surface area contributed by atoms with Crippen LogP contribution in [-0.2, 0) is 9.59 Å². The second-order valence-corrected chi connectivity index (χ2v) is 10.0. The van der Waals surface area contributed by atoms with Crippen molar-refractivity contribution in [3.05, 3.63) is 93.5 Å². The van der Waals surface area contributed by atoms with E-state index in [1.165, 1.54) is 16.2 Å². The van der Waals surface area contributed by atoms with Gasteiger partial charge in [0, 0.05) is 10.6 Å². The molecular weight excluding hydrogens is 496 g/mol. The average Bonchev–Trinajstić information content (AvgIpc) is 3.38. The summed E-state index contributed by atoms with van der Waals surface area (Å²) in [6, 6.07) is 16.8. The number of carbonyl (C=O) groups is 2. The van der Waals surface area contributed by atoms with Crippen LogP contribution in [0.2, 0.25) is 5.02 Å². The van der Waals surface area contributed by atoms with Crippen molar-refractivity contribution < 1.29 is 19.4 Å². The summed E-state index contributed by atoms with van der Waals surface area (Å²) in [6.07, 6.45) is 0. The van der Waals surface area contributed by atoms with Crippen molar-refractivity contribution in [3.8, 4) is 5.75 Å². The summed E-state index contributed by atoms with van der Waals surface area (Å²) in [4.78, 5) is 32.9. The summed E-state index contributed by atoms with van der Waals surface area (Å²) < 4.78 is 6.40. The molecule has 4 aromatic rings. The number of amides is 1. The molecule has 36 heavy (non-hydrogen) atoms. The molecule has 1 amide bonds. The summed E-state index contributed by atoms with van der Waals surface area (Å²) in [7, 11) is 0. The molecule has 5 rings (SSSR count). The number of nitrogens with zero attached hydrogens (tertiary/aromatic N) is 2. The topological polar surface area (TPSA) is 79.7 Å². The molecule has 0 aliphatic carbocycles. The third kappa shape index (κ3) is 4.14. The summed E-state index contributed by atoms with van der Waals surface area (Å²) in [6.45, 7) is 6.36. The van der Waals surface area contributed by atoms with E-state index in [2.05, 4.69) is 0 Å². The van der Waals surface area contributed by atoms with Gasteiger partial charge in [-0.1, -0.05) is 41.1 Å². The van der Waals surface area contributed by atoms with Crippen molar-refractivity contribution in [3.63, 3.8) is 0 Å². The second kappa shape index (κ2) is 9.41. The van der Waals surface area contributed by atoms with Crippen molar-refractivity contribution in [1.82, 2.24) is 4.98 Å². The molecule has 0 bridgehead atoms. The number of ketones is 1. The van der Waals surface area contributed by atoms with Gasteiger partial charge in [-0.05, 0) is 79.9 Å². The Balaban J connectivity index is 1.69. The molecule has 1 fully saturated rings. The van der Waals surface area contributed by atoms with Crippen molar-refractivity contribution in [2.24, 2.45) is 0 Å². The van der Waals surface area contributed by atoms with E-state index in [4.69, 9.17) is 21.3 Å². The highest BCUT2D eigenvalue weighted by atomic mass is 35.5. The maximum Gasteiger partial charge on any atom is 0.301 e. The minimum absolute atomic E-state index is 0.00126. The van der Waals surface area contributed by atoms with Gasteiger partial charge in [0.15, 0.2) is 5.13 Å². The molecular formula is C28H23ClN2O4S. The number of halogens is 1. The van der Waals surface area contributed by atoms with Crippen LogP contribution in [0.25, 0.3) is 16.0 Å². The van der Waals surface area contributed by atoms with E-state index in [1.807, 2.05) is 32.9 Å². The molecule has 6 nitrogen and oxygen atoms in total. The van der Waals surface area contributed by atoms with Crippen molar-refractivity contribution >= 4 is 55.7 Å². The molecule has 1 N–H and O–H groups in total. The van der Waals surface area contributed by atoms with Crippen LogP contribution in [0.4, 0.5) is 5.13 Å². The third-order valence-electron chi connectivity index (χ3n) is 6.09. The number of rotatable bonds is 5. The highest BCUT2D eigenvalue weighted by Crippen LogP contribution is 2.45. The number of ether oxygens (including phenoxy) is 1. The number of aliphatic hydroxyl groups excluding tert-OH is 1. The Morgan fingerprint density at radius 1 is 1.08 bits per heavy atom. The summed E-state index contributed by atoms with van der Waals surface area (Å²) in [5, 5.41) is 12.2. The van der Waals surface area contributed by atoms with Crippen LogP contribution in [0.3, 0.4) is 0 Å². The quantitative estimate of drug-likeness (QED) is 0.183. The monoisotopic (exact) mass is 518 g/mol. The number of anilines is 1. The smallest absolute Gasteiger partial charge is 0.301 e. The Hall–Kier alpha value is -3.68. The van der Waals surface area contributed by atoms with Gasteiger partial charge in [-0.15, -0.1) is 0 Å². The van der Waals surface area contributed by atoms with E-state index in [0.29, 0.717) is 33.6 Å². The first-order valence-electron chi connectivity index (χ1n) is 11.5. The lowest BCUT2D eigenvalue weighted by atomic mass is 9.95. The fourth-order valence-corrected chi connectivity index (χ4v) is 5.78. The molecule has 2 heterocycles. The standard InChI is InChI=1S/C28H23ClN2O4S/c1-4-35-20-11-7-18(8-12-20)25(32)22-24(17-5-9-19(29)10-6-17)31(27(34)26(22)33)28-30-23-16(3)13-15(2)14-21(23)36-28/h5-14,24,32H,4H2,1-3H3/b25-22+/t24-/m1/s1. The summed E-state index contributed by atoms with van der Waals surface area (Å²) >= 11 is 7.46. The van der Waals surface area contributed by atoms with Gasteiger partial charge in [0.25, 0.3) is 5.78 Å². The number of carbonyl (C=O) groups excluding carboxylic acids is 2. The first-order chi connectivity index (χ1) is 17.3. The Morgan fingerprint density at radius 3 is 2.44 bits per heavy atom. The van der Waals surface area contributed by atoms with Gasteiger partial charge in [-0.3, -0.25) is 14.5 Å². The lowest BCUT2D eigenvalue weighted by Crippen LogP contribution is -2.29. The van der Waals surface area contributed by atoms with E-state index in [9.17, 15) is 14.7 Å². The Morgan fingerprint density at radius 2 is 1.78 bits per heavy atom. The van der Waals surface area contributed by atoms with Crippen LogP contribution in [0.15, 0.2) is 66.2 Å². The predicted octanol–water partition coefficient (Wildman–Crippen LogP) is 6.59. The largest absolute Gasteiger partial charge is 0.507 e. The molecule has 0 spiro atoms. The number of thiazole rings is 1. The number of aliphatic hydroxyl groups is 1. The minimum atomic E-state index is -0.865. The summed E-state index contributed by atoms with van der Waals surface area (Å²) in [5.74, 6) is -1.12. The van der Waals surface area contributed by atoms with E-state index >= 15 is 0 Å². The second-order valence-electron chi connectivity index (χ2n) is 8.60. The van der Waals surface area contributed by atoms with Crippen LogP contribution in [-0.4, -0.2) is 28.4 Å². The average molecular weight is 519 g/mol. The van der Waals surface area contributed by atoms with E-state index < -0.39 is 17.7 Å². The van der Waals surface area contributed by atoms with Gasteiger partial charge in [-0.25, -0.2) is 4.98 Å². The number of aryl methyl sites for hydroxylation is 2. The zero-order valence-electron chi connectivity index (χ0n) is 19.9. The minimum Gasteiger partial charge on any atom is -0.507 e. The number of Topliss-reactive ketones (excluding diaryl/α,β-unsaturated/α-hetero) is 1. The normalized spacial score (nSPS) is 17.2. The molecule has 1 aromatic heterocycles. The fraction of sp³-hybridized carbons (Fsp3) is 0.179. The van der Waals surface area contributed by atoms with Crippen LogP contribution in [0, 0.1) is 13.8 Å². The highest BCUT2D eigenvalue weighted by Gasteiger charge is 2.48. The Bertz CT molecular complexity index is 1520. The molecule has 0 unspecified atom stereocenters. The number of fused-ring (bicyclic) bond motifs is 1. The number of hydrogen-bond acceptors (Lipinski definition) is 6. The number of hydrogen-bond donors (Lipinski definition) is 1. The lowest BCUT2D eigenvalue weighted by molar-refractivity contribution is -0.132. The van der Waals surface area contributed by atoms with Crippen molar-refractivity contribution in [2.45, 2.75) is 26.8 Å². The van der Waals surface area contributed by atoms with Crippen LogP contribution >= 0.6 is 22.9 Å². The lowest BCUT2D eigenvalue weighted by Gasteiger charge is -2.23. The highest BCUT2D eigenvalue weighted by molar-refractivity contribution is 7.22. The van der Waals surface area contributed by atoms with Crippen molar-refractivity contribution in [1.29, 1.82) is 0 Å². The molecule has 182 valence electrons. The zero-order valence-corrected chi connectivity index (χ0v) is 21.5. The number of aromatic nitrogens is 1. The third-order valence-corrected chi connectivity index (χ3v) is 7.35. The first-order valence-corrected chi connectivity index (χ1v) is 12.7. The SMILES string of the molecule is CCOc1ccc(/C(O)=C2\C(=O)C(=O)N(c3nc4c(C)cc(C)cc4s3)[C@@H]2c2ccc(Cl)cc2)cc1. The first kappa shape index (κ1) is 24.0. The molecule has 1 aliphatic heterocycles. The van der Waals surface area contributed by atoms with Crippen molar-refractivity contribution in [2.75, 3.05) is 11.5 Å². The van der Waals surface area contributed by atoms with Gasteiger partial charge in [0.05, 0.1) is 28.4 Å². The maximum atomic E-state index is 13.4. The van der Waals surface area contributed by atoms with Crippen LogP contribution in [0.5, 0.6) is 5.75 Å². The fourth-order valence-electron chi connectivity index (χ4n) is 4.48. The van der Waals surface area contributed by atoms with Gasteiger partial charge < -0.3 is 9.84 Å². The molecule has 0 radical (unpaired) electrons. The molecule has 3 aromatic carbocycles. The molecule has 8 heteroatoms. The summed E-state index contributed by atoms with van der Waals surface area (Å²) in [5.41, 5.74) is 3.90. The van der Waals surface area contributed by atoms with Gasteiger partial charge in [0.2, 0.25) is 0 Å². The van der Waals surface area contributed by atoms with E-state index in [0.717, 1.165) is 21.3 Å². The molecule has 1 aliphatic rings. The molecule has 1 saturated heterocycles. The number of benzene rings is 3. The van der Waals surface area contributed by atoms with Gasteiger partial charge in [0.1, 0.15) is 11.5 Å². The van der Waals surface area contributed by atoms with Gasteiger partial charge in [-0.2, -0.15) is 0 Å². The van der Waals surface area contributed by atoms with E-state index in [-0.39, 0.29) is 11.3 Å². The zero-order chi connectivity index (χ0) is 25.6. The van der Waals surface area contributed by atoms with Crippen LogP contribution < -0.4 is 9.64 Å². The Kier molecular flexibility index (Phi) is 6.28. The Labute approximate surface area is 217 Å². The molecule has 1 atom stereocenters. The predicted molar refractivity (Wildman–Crippen MR) is 143 cm³/mol.